The average Bonchev–Trinajstić information content (AvgIpc) is 3.14. The number of hydrogen-bond donors (Lipinski definition) is 1. The fourth-order valence-electron chi connectivity index (χ4n) is 2.76. The van der Waals surface area contributed by atoms with E-state index in [-0.39, 0.29) is 18.0 Å². The van der Waals surface area contributed by atoms with Gasteiger partial charge in [0.2, 0.25) is 17.6 Å². The largest absolute Gasteiger partial charge is 0.352 e. The average molecular weight is 329 g/mol. The van der Waals surface area contributed by atoms with Gasteiger partial charge in [0, 0.05) is 24.2 Å². The molecule has 1 fully saturated rings. The molecule has 1 saturated heterocycles. The van der Waals surface area contributed by atoms with Crippen molar-refractivity contribution in [3.8, 4) is 11.5 Å². The lowest BCUT2D eigenvalue weighted by molar-refractivity contribution is -0.129. The minimum atomic E-state index is -0.396. The number of nitrogens with zero attached hydrogens (tertiary/aromatic N) is 4. The maximum Gasteiger partial charge on any atom is 0.244 e. The van der Waals surface area contributed by atoms with Gasteiger partial charge in [-0.2, -0.15) is 4.98 Å². The number of rotatable bonds is 3. The van der Waals surface area contributed by atoms with E-state index < -0.39 is 5.41 Å². The molecule has 7 nitrogen and oxygen atoms in total. The Balaban J connectivity index is 1.70. The van der Waals surface area contributed by atoms with Crippen LogP contribution in [0.2, 0.25) is 0 Å². The molecule has 24 heavy (non-hydrogen) atoms. The summed E-state index contributed by atoms with van der Waals surface area (Å²) >= 11 is 0. The second-order valence-corrected chi connectivity index (χ2v) is 7.28. The van der Waals surface area contributed by atoms with Crippen molar-refractivity contribution in [2.24, 2.45) is 5.41 Å². The van der Waals surface area contributed by atoms with Crippen molar-refractivity contribution in [2.75, 3.05) is 13.6 Å². The maximum absolute atomic E-state index is 12.2. The van der Waals surface area contributed by atoms with E-state index in [1.807, 2.05) is 46.0 Å². The summed E-state index contributed by atoms with van der Waals surface area (Å²) in [6.07, 6.45) is 2.45. The van der Waals surface area contributed by atoms with Crippen molar-refractivity contribution in [3.63, 3.8) is 0 Å². The van der Waals surface area contributed by atoms with Crippen LogP contribution in [0.4, 0.5) is 0 Å². The standard InChI is InChI=1S/C17H23N5O2/c1-17(2,3)16(23)19-11-9-13(22(4)10-11)15-20-14(21-24-15)12-7-5-6-8-18-12/h5-8,11,13H,9-10H2,1-4H3,(H,19,23)/t11-,13+/m1/s1. The molecule has 0 aromatic carbocycles. The van der Waals surface area contributed by atoms with Gasteiger partial charge in [-0.1, -0.05) is 32.0 Å². The van der Waals surface area contributed by atoms with E-state index in [9.17, 15) is 4.79 Å². The van der Waals surface area contributed by atoms with Crippen molar-refractivity contribution in [3.05, 3.63) is 30.3 Å². The van der Waals surface area contributed by atoms with Gasteiger partial charge in [-0.25, -0.2) is 0 Å². The van der Waals surface area contributed by atoms with Gasteiger partial charge in [0.05, 0.1) is 6.04 Å². The van der Waals surface area contributed by atoms with E-state index in [0.29, 0.717) is 17.4 Å². The molecular weight excluding hydrogens is 306 g/mol. The summed E-state index contributed by atoms with van der Waals surface area (Å²) in [6, 6.07) is 5.66. The molecule has 2 aromatic heterocycles. The van der Waals surface area contributed by atoms with Crippen LogP contribution in [0.25, 0.3) is 11.5 Å². The molecule has 0 bridgehead atoms. The molecule has 2 aromatic rings. The SMILES string of the molecule is CN1C[C@H](NC(=O)C(C)(C)C)C[C@H]1c1nc(-c2ccccn2)no1. The fourth-order valence-corrected chi connectivity index (χ4v) is 2.76. The van der Waals surface area contributed by atoms with Crippen molar-refractivity contribution in [2.45, 2.75) is 39.3 Å². The molecule has 1 aliphatic heterocycles. The van der Waals surface area contributed by atoms with Crippen LogP contribution < -0.4 is 5.32 Å². The third kappa shape index (κ3) is 3.46. The predicted molar refractivity (Wildman–Crippen MR) is 88.9 cm³/mol. The number of pyridine rings is 1. The molecule has 1 aliphatic rings. The molecule has 1 amide bonds. The van der Waals surface area contributed by atoms with Crippen molar-refractivity contribution in [1.82, 2.24) is 25.3 Å². The highest BCUT2D eigenvalue weighted by Crippen LogP contribution is 2.31. The van der Waals surface area contributed by atoms with E-state index in [1.165, 1.54) is 0 Å². The first-order chi connectivity index (χ1) is 11.3. The minimum absolute atomic E-state index is 0.000214. The number of aromatic nitrogens is 3. The van der Waals surface area contributed by atoms with Crippen LogP contribution in [0.3, 0.4) is 0 Å². The highest BCUT2D eigenvalue weighted by atomic mass is 16.5. The van der Waals surface area contributed by atoms with Gasteiger partial charge in [-0.05, 0) is 25.6 Å². The summed E-state index contributed by atoms with van der Waals surface area (Å²) in [5, 5.41) is 7.13. The van der Waals surface area contributed by atoms with Crippen molar-refractivity contribution < 1.29 is 9.32 Å². The second-order valence-electron chi connectivity index (χ2n) is 7.28. The van der Waals surface area contributed by atoms with Gasteiger partial charge in [0.1, 0.15) is 5.69 Å². The Hall–Kier alpha value is -2.28. The van der Waals surface area contributed by atoms with E-state index in [4.69, 9.17) is 4.52 Å². The molecule has 3 rings (SSSR count). The van der Waals surface area contributed by atoms with Crippen LogP contribution in [0.5, 0.6) is 0 Å². The molecule has 2 atom stereocenters. The van der Waals surface area contributed by atoms with Gasteiger partial charge >= 0.3 is 0 Å². The highest BCUT2D eigenvalue weighted by molar-refractivity contribution is 5.81. The molecule has 128 valence electrons. The van der Waals surface area contributed by atoms with Crippen molar-refractivity contribution >= 4 is 5.91 Å². The summed E-state index contributed by atoms with van der Waals surface area (Å²) in [6.45, 7) is 6.49. The smallest absolute Gasteiger partial charge is 0.244 e. The van der Waals surface area contributed by atoms with E-state index in [1.54, 1.807) is 6.20 Å². The summed E-state index contributed by atoms with van der Waals surface area (Å²) < 4.78 is 5.44. The molecule has 0 unspecified atom stereocenters. The second kappa shape index (κ2) is 6.32. The monoisotopic (exact) mass is 329 g/mol. The van der Waals surface area contributed by atoms with Crippen LogP contribution in [0, 0.1) is 5.41 Å². The first-order valence-corrected chi connectivity index (χ1v) is 8.11. The zero-order valence-corrected chi connectivity index (χ0v) is 14.5. The predicted octanol–water partition coefficient (Wildman–Crippen LogP) is 2.04. The van der Waals surface area contributed by atoms with Crippen LogP contribution in [-0.2, 0) is 4.79 Å². The first-order valence-electron chi connectivity index (χ1n) is 8.11. The number of carbonyl (C=O) groups is 1. The third-order valence-electron chi connectivity index (χ3n) is 4.19. The molecule has 7 heteroatoms. The van der Waals surface area contributed by atoms with Crippen LogP contribution in [0.15, 0.2) is 28.9 Å². The number of likely N-dealkylation sites (N-methyl/N-ethyl adjacent to an activating group) is 1. The lowest BCUT2D eigenvalue weighted by Gasteiger charge is -2.21. The van der Waals surface area contributed by atoms with E-state index in [2.05, 4.69) is 25.3 Å². The molecule has 0 aliphatic carbocycles. The number of likely N-dealkylation sites (tertiary alicyclic amines) is 1. The Labute approximate surface area is 141 Å². The number of hydrogen-bond acceptors (Lipinski definition) is 6. The number of nitrogens with one attached hydrogen (secondary N) is 1. The molecule has 3 heterocycles. The Morgan fingerprint density at radius 3 is 2.83 bits per heavy atom. The Bertz CT molecular complexity index is 707. The topological polar surface area (TPSA) is 84.2 Å². The first kappa shape index (κ1) is 16.6. The maximum atomic E-state index is 12.2. The summed E-state index contributed by atoms with van der Waals surface area (Å²) in [7, 11) is 2.00. The quantitative estimate of drug-likeness (QED) is 0.927. The Morgan fingerprint density at radius 2 is 2.17 bits per heavy atom. The van der Waals surface area contributed by atoms with Gasteiger partial charge in [-0.15, -0.1) is 0 Å². The molecular formula is C17H23N5O2. The zero-order valence-electron chi connectivity index (χ0n) is 14.5. The minimum Gasteiger partial charge on any atom is -0.352 e. The summed E-state index contributed by atoms with van der Waals surface area (Å²) in [5.41, 5.74) is 0.290. The lowest BCUT2D eigenvalue weighted by atomic mass is 9.95. The van der Waals surface area contributed by atoms with E-state index >= 15 is 0 Å². The molecule has 0 radical (unpaired) electrons. The van der Waals surface area contributed by atoms with Gasteiger partial charge < -0.3 is 9.84 Å². The van der Waals surface area contributed by atoms with Crippen molar-refractivity contribution in [1.29, 1.82) is 0 Å². The van der Waals surface area contributed by atoms with Crippen LogP contribution in [-0.4, -0.2) is 45.6 Å². The fraction of sp³-hybridized carbons (Fsp3) is 0.529. The molecule has 0 spiro atoms. The number of carbonyl (C=O) groups excluding carboxylic acids is 1. The van der Waals surface area contributed by atoms with Gasteiger partial charge in [-0.3, -0.25) is 14.7 Å². The summed E-state index contributed by atoms with van der Waals surface area (Å²) in [4.78, 5) is 23.0. The zero-order chi connectivity index (χ0) is 17.3. The summed E-state index contributed by atoms with van der Waals surface area (Å²) in [5.74, 6) is 1.10. The Kier molecular flexibility index (Phi) is 4.36. The van der Waals surface area contributed by atoms with E-state index in [0.717, 1.165) is 13.0 Å². The van der Waals surface area contributed by atoms with Gasteiger partial charge in [0.25, 0.3) is 0 Å². The Morgan fingerprint density at radius 1 is 1.38 bits per heavy atom. The molecule has 0 saturated carbocycles. The van der Waals surface area contributed by atoms with Crippen LogP contribution in [0.1, 0.15) is 39.1 Å². The highest BCUT2D eigenvalue weighted by Gasteiger charge is 2.36. The molecule has 1 N–H and O–H groups in total. The van der Waals surface area contributed by atoms with Gasteiger partial charge in [0.15, 0.2) is 0 Å². The van der Waals surface area contributed by atoms with Crippen LogP contribution >= 0.6 is 0 Å². The normalized spacial score (nSPS) is 21.8. The lowest BCUT2D eigenvalue weighted by Crippen LogP contribution is -2.42. The third-order valence-corrected chi connectivity index (χ3v) is 4.19. The number of amides is 1.